The quantitative estimate of drug-likeness (QED) is 0.518. The zero-order chi connectivity index (χ0) is 8.81. The summed E-state index contributed by atoms with van der Waals surface area (Å²) in [5.74, 6) is 0. The molecule has 0 saturated carbocycles. The Morgan fingerprint density at radius 1 is 1.50 bits per heavy atom. The van der Waals surface area contributed by atoms with Gasteiger partial charge in [0.25, 0.3) is 0 Å². The Labute approximate surface area is 72.9 Å². The van der Waals surface area contributed by atoms with E-state index < -0.39 is 0 Å². The van der Waals surface area contributed by atoms with Crippen molar-refractivity contribution in [2.45, 2.75) is 18.5 Å². The number of nitrogens with two attached hydrogens (primary N) is 2. The molecule has 5 N–H and O–H groups in total. The van der Waals surface area contributed by atoms with E-state index >= 15 is 0 Å². The molecule has 4 nitrogen and oxygen atoms in total. The highest BCUT2D eigenvalue weighted by Gasteiger charge is 2.18. The molecule has 0 aromatic rings. The van der Waals surface area contributed by atoms with Gasteiger partial charge >= 0.3 is 0 Å². The lowest BCUT2D eigenvalue weighted by Gasteiger charge is -2.27. The van der Waals surface area contributed by atoms with Gasteiger partial charge in [-0.3, -0.25) is 0 Å². The second-order valence-corrected chi connectivity index (χ2v) is 3.07. The van der Waals surface area contributed by atoms with Crippen molar-refractivity contribution in [3.8, 4) is 0 Å². The first-order valence-electron chi connectivity index (χ1n) is 4.26. The lowest BCUT2D eigenvalue weighted by atomic mass is 10.1. The van der Waals surface area contributed by atoms with Crippen LogP contribution in [0.1, 0.15) is 6.42 Å². The Balaban J connectivity index is 2.14. The number of hydrogen-bond donors (Lipinski definition) is 3. The van der Waals surface area contributed by atoms with Crippen molar-refractivity contribution in [1.82, 2.24) is 5.32 Å². The Bertz CT molecular complexity index is 149. The molecule has 0 amide bonds. The molecule has 1 aliphatic rings. The molecule has 0 bridgehead atoms. The van der Waals surface area contributed by atoms with Gasteiger partial charge in [-0.2, -0.15) is 0 Å². The molecule has 0 aromatic heterocycles. The summed E-state index contributed by atoms with van der Waals surface area (Å²) in [7, 11) is 0. The topological polar surface area (TPSA) is 73.3 Å². The zero-order valence-corrected chi connectivity index (χ0v) is 7.20. The minimum Gasteiger partial charge on any atom is -0.405 e. The second-order valence-electron chi connectivity index (χ2n) is 3.07. The van der Waals surface area contributed by atoms with Crippen LogP contribution in [0.15, 0.2) is 12.3 Å². The lowest BCUT2D eigenvalue weighted by molar-refractivity contribution is 0.0578. The van der Waals surface area contributed by atoms with Crippen LogP contribution in [0.2, 0.25) is 0 Å². The summed E-state index contributed by atoms with van der Waals surface area (Å²) >= 11 is 0. The summed E-state index contributed by atoms with van der Waals surface area (Å²) in [6.45, 7) is 2.23. The van der Waals surface area contributed by atoms with Gasteiger partial charge < -0.3 is 21.5 Å². The van der Waals surface area contributed by atoms with Crippen LogP contribution in [-0.4, -0.2) is 31.8 Å². The monoisotopic (exact) mass is 171 g/mol. The molecule has 0 aromatic carbocycles. The average molecular weight is 171 g/mol. The molecule has 12 heavy (non-hydrogen) atoms. The Hall–Kier alpha value is -0.580. The summed E-state index contributed by atoms with van der Waals surface area (Å²) in [5.41, 5.74) is 10.9. The van der Waals surface area contributed by atoms with E-state index in [0.717, 1.165) is 19.6 Å². The third-order valence-corrected chi connectivity index (χ3v) is 1.90. The first-order chi connectivity index (χ1) is 5.83. The maximum atomic E-state index is 5.72. The summed E-state index contributed by atoms with van der Waals surface area (Å²) in [6, 6.07) is 0.558. The molecule has 1 unspecified atom stereocenters. The van der Waals surface area contributed by atoms with Gasteiger partial charge in [0.2, 0.25) is 0 Å². The fourth-order valence-electron chi connectivity index (χ4n) is 1.31. The van der Waals surface area contributed by atoms with E-state index in [4.69, 9.17) is 16.2 Å². The molecule has 1 saturated heterocycles. The Kier molecular flexibility index (Phi) is 4.07. The molecular formula is C8H17N3O. The first kappa shape index (κ1) is 9.51. The third-order valence-electron chi connectivity index (χ3n) is 1.90. The van der Waals surface area contributed by atoms with Gasteiger partial charge in [-0.15, -0.1) is 0 Å². The highest BCUT2D eigenvalue weighted by atomic mass is 16.5. The molecule has 70 valence electrons. The summed E-state index contributed by atoms with van der Waals surface area (Å²) in [4.78, 5) is 0. The standard InChI is InChI=1S/C8H17N3O/c9-2-1-3-11-8-4-7(10)5-12-6-8/h1-2,7-8,11H,3-6,9-10H2/b2-1+/t7-,8?/m0/s1. The van der Waals surface area contributed by atoms with Crippen LogP contribution >= 0.6 is 0 Å². The van der Waals surface area contributed by atoms with Crippen molar-refractivity contribution in [3.05, 3.63) is 12.3 Å². The highest BCUT2D eigenvalue weighted by molar-refractivity contribution is 4.83. The number of ether oxygens (including phenoxy) is 1. The minimum atomic E-state index is 0.179. The largest absolute Gasteiger partial charge is 0.405 e. The number of rotatable bonds is 3. The van der Waals surface area contributed by atoms with Crippen LogP contribution in [0.4, 0.5) is 0 Å². The van der Waals surface area contributed by atoms with Crippen molar-refractivity contribution in [1.29, 1.82) is 0 Å². The highest BCUT2D eigenvalue weighted by Crippen LogP contribution is 2.04. The van der Waals surface area contributed by atoms with E-state index in [1.165, 1.54) is 6.20 Å². The summed E-state index contributed by atoms with van der Waals surface area (Å²) < 4.78 is 5.28. The van der Waals surface area contributed by atoms with Gasteiger partial charge in [0.05, 0.1) is 13.2 Å². The van der Waals surface area contributed by atoms with Crippen LogP contribution < -0.4 is 16.8 Å². The van der Waals surface area contributed by atoms with Crippen molar-refractivity contribution in [2.75, 3.05) is 19.8 Å². The van der Waals surface area contributed by atoms with Crippen molar-refractivity contribution < 1.29 is 4.74 Å². The van der Waals surface area contributed by atoms with Crippen molar-refractivity contribution in [3.63, 3.8) is 0 Å². The van der Waals surface area contributed by atoms with E-state index in [1.54, 1.807) is 0 Å². The van der Waals surface area contributed by atoms with Gasteiger partial charge in [-0.05, 0) is 12.6 Å². The molecule has 1 rings (SSSR count). The maximum Gasteiger partial charge on any atom is 0.0621 e. The molecule has 1 aliphatic heterocycles. The molecule has 1 heterocycles. The van der Waals surface area contributed by atoms with E-state index in [9.17, 15) is 0 Å². The minimum absolute atomic E-state index is 0.179. The van der Waals surface area contributed by atoms with Crippen molar-refractivity contribution >= 4 is 0 Å². The van der Waals surface area contributed by atoms with Gasteiger partial charge in [0, 0.05) is 18.6 Å². The van der Waals surface area contributed by atoms with E-state index in [-0.39, 0.29) is 6.04 Å². The van der Waals surface area contributed by atoms with Gasteiger partial charge in [-0.1, -0.05) is 6.08 Å². The predicted molar refractivity (Wildman–Crippen MR) is 48.5 cm³/mol. The van der Waals surface area contributed by atoms with Crippen LogP contribution in [0.25, 0.3) is 0 Å². The molecule has 1 fully saturated rings. The molecular weight excluding hydrogens is 154 g/mol. The fraction of sp³-hybridized carbons (Fsp3) is 0.750. The SMILES string of the molecule is N/C=C/CNC1COC[C@@H](N)C1. The van der Waals surface area contributed by atoms with Gasteiger partial charge in [0.1, 0.15) is 0 Å². The molecule has 4 heteroatoms. The van der Waals surface area contributed by atoms with E-state index in [2.05, 4.69) is 5.32 Å². The third kappa shape index (κ3) is 3.21. The molecule has 2 atom stereocenters. The number of hydrogen-bond acceptors (Lipinski definition) is 4. The molecule has 0 spiro atoms. The normalized spacial score (nSPS) is 31.1. The lowest BCUT2D eigenvalue weighted by Crippen LogP contribution is -2.45. The predicted octanol–water partition coefficient (Wildman–Crippen LogP) is -0.835. The van der Waals surface area contributed by atoms with E-state index in [0.29, 0.717) is 12.6 Å². The average Bonchev–Trinajstić information content (AvgIpc) is 2.05. The van der Waals surface area contributed by atoms with Crippen LogP contribution in [0.5, 0.6) is 0 Å². The zero-order valence-electron chi connectivity index (χ0n) is 7.20. The van der Waals surface area contributed by atoms with Crippen LogP contribution in [0.3, 0.4) is 0 Å². The molecule has 0 aliphatic carbocycles. The van der Waals surface area contributed by atoms with Gasteiger partial charge in [0.15, 0.2) is 0 Å². The fourth-order valence-corrected chi connectivity index (χ4v) is 1.31. The summed E-state index contributed by atoms with van der Waals surface area (Å²) in [5, 5.41) is 3.28. The van der Waals surface area contributed by atoms with Crippen molar-refractivity contribution in [2.24, 2.45) is 11.5 Å². The first-order valence-corrected chi connectivity index (χ1v) is 4.26. The van der Waals surface area contributed by atoms with Crippen LogP contribution in [-0.2, 0) is 4.74 Å². The second kappa shape index (κ2) is 5.13. The Morgan fingerprint density at radius 2 is 2.33 bits per heavy atom. The summed E-state index contributed by atoms with van der Waals surface area (Å²) in [6.07, 6.45) is 4.40. The smallest absolute Gasteiger partial charge is 0.0621 e. The Morgan fingerprint density at radius 3 is 3.00 bits per heavy atom. The van der Waals surface area contributed by atoms with Gasteiger partial charge in [-0.25, -0.2) is 0 Å². The molecule has 0 radical (unpaired) electrons. The van der Waals surface area contributed by atoms with E-state index in [1.807, 2.05) is 6.08 Å². The van der Waals surface area contributed by atoms with Crippen LogP contribution in [0, 0.1) is 0 Å². The maximum absolute atomic E-state index is 5.72. The number of nitrogens with one attached hydrogen (secondary N) is 1.